The van der Waals surface area contributed by atoms with Crippen molar-refractivity contribution in [3.05, 3.63) is 24.7 Å². The number of benzene rings is 1. The Balaban J connectivity index is 1.45. The third kappa shape index (κ3) is 4.87. The van der Waals surface area contributed by atoms with Gasteiger partial charge in [-0.3, -0.25) is 0 Å². The number of aromatic nitrogens is 2. The van der Waals surface area contributed by atoms with Gasteiger partial charge in [-0.15, -0.1) is 0 Å². The second-order valence-corrected chi connectivity index (χ2v) is 7.46. The van der Waals surface area contributed by atoms with E-state index in [-0.39, 0.29) is 18.2 Å². The fourth-order valence-corrected chi connectivity index (χ4v) is 3.98. The fourth-order valence-electron chi connectivity index (χ4n) is 3.98. The molecular formula is C21H28N4O4. The summed E-state index contributed by atoms with van der Waals surface area (Å²) < 4.78 is 16.9. The summed E-state index contributed by atoms with van der Waals surface area (Å²) in [5, 5.41) is 3.86. The molecule has 0 spiro atoms. The summed E-state index contributed by atoms with van der Waals surface area (Å²) in [5.74, 6) is 0.825. The van der Waals surface area contributed by atoms with Gasteiger partial charge in [0.05, 0.1) is 36.8 Å². The summed E-state index contributed by atoms with van der Waals surface area (Å²) in [7, 11) is 0. The first-order chi connectivity index (χ1) is 14.2. The molecule has 0 bridgehead atoms. The maximum absolute atomic E-state index is 11.6. The van der Waals surface area contributed by atoms with E-state index in [1.807, 2.05) is 13.1 Å². The Morgan fingerprint density at radius 1 is 1.24 bits per heavy atom. The first kappa shape index (κ1) is 19.7. The van der Waals surface area contributed by atoms with Crippen LogP contribution in [0.5, 0.6) is 5.75 Å². The molecule has 1 aromatic carbocycles. The molecule has 2 aromatic rings. The molecule has 1 aromatic heterocycles. The van der Waals surface area contributed by atoms with E-state index < -0.39 is 0 Å². The average molecular weight is 400 g/mol. The predicted octanol–water partition coefficient (Wildman–Crippen LogP) is 2.90. The predicted molar refractivity (Wildman–Crippen MR) is 109 cm³/mol. The van der Waals surface area contributed by atoms with E-state index in [0.29, 0.717) is 6.61 Å². The van der Waals surface area contributed by atoms with Crippen LogP contribution in [0.15, 0.2) is 24.7 Å². The number of carbonyl (C=O) groups is 1. The van der Waals surface area contributed by atoms with Crippen LogP contribution < -0.4 is 15.0 Å². The lowest BCUT2D eigenvalue weighted by Gasteiger charge is -2.31. The van der Waals surface area contributed by atoms with Crippen molar-refractivity contribution in [3.63, 3.8) is 0 Å². The number of fused-ring (bicyclic) bond motifs is 1. The van der Waals surface area contributed by atoms with Crippen molar-refractivity contribution in [2.75, 3.05) is 37.8 Å². The fraction of sp³-hybridized carbons (Fsp3) is 0.571. The number of rotatable bonds is 5. The first-order valence-corrected chi connectivity index (χ1v) is 10.4. The van der Waals surface area contributed by atoms with Crippen molar-refractivity contribution in [3.8, 4) is 5.75 Å². The molecule has 8 nitrogen and oxygen atoms in total. The van der Waals surface area contributed by atoms with Crippen molar-refractivity contribution in [1.82, 2.24) is 15.3 Å². The maximum Gasteiger partial charge on any atom is 0.407 e. The van der Waals surface area contributed by atoms with E-state index in [1.165, 1.54) is 0 Å². The van der Waals surface area contributed by atoms with Crippen LogP contribution in [0.2, 0.25) is 0 Å². The molecule has 0 radical (unpaired) electrons. The van der Waals surface area contributed by atoms with Gasteiger partial charge in [-0.05, 0) is 38.7 Å². The molecule has 1 aliphatic heterocycles. The Morgan fingerprint density at radius 3 is 2.79 bits per heavy atom. The summed E-state index contributed by atoms with van der Waals surface area (Å²) in [4.78, 5) is 22.6. The van der Waals surface area contributed by atoms with Gasteiger partial charge in [0.25, 0.3) is 0 Å². The second kappa shape index (κ2) is 9.26. The zero-order chi connectivity index (χ0) is 20.1. The highest BCUT2D eigenvalue weighted by molar-refractivity contribution is 5.88. The Labute approximate surface area is 170 Å². The number of amides is 1. The Morgan fingerprint density at radius 2 is 2.03 bits per heavy atom. The monoisotopic (exact) mass is 400 g/mol. The van der Waals surface area contributed by atoms with E-state index in [2.05, 4.69) is 32.3 Å². The van der Waals surface area contributed by atoms with E-state index in [4.69, 9.17) is 14.2 Å². The molecule has 0 unspecified atom stereocenters. The molecule has 1 saturated carbocycles. The standard InChI is InChI=1S/C21H28N4O4/c1-2-28-21(26)24-15-3-5-17(6-4-15)29-20-12-16(25-7-9-27-10-8-25)11-19-18(20)13-22-14-23-19/h11-15,17H,2-10H2,1H3,(H,24,26). The smallest absolute Gasteiger partial charge is 0.407 e. The number of carbonyl (C=O) groups excluding carboxylic acids is 1. The molecular weight excluding hydrogens is 372 g/mol. The van der Waals surface area contributed by atoms with Crippen LogP contribution in [0, 0.1) is 0 Å². The van der Waals surface area contributed by atoms with Crippen molar-refractivity contribution in [2.45, 2.75) is 44.8 Å². The Hall–Kier alpha value is -2.61. The Kier molecular flexibility index (Phi) is 6.29. The van der Waals surface area contributed by atoms with Crippen LogP contribution in [-0.4, -0.2) is 61.1 Å². The topological polar surface area (TPSA) is 85.8 Å². The molecule has 2 fully saturated rings. The number of nitrogens with zero attached hydrogens (tertiary/aromatic N) is 3. The van der Waals surface area contributed by atoms with E-state index in [9.17, 15) is 4.79 Å². The van der Waals surface area contributed by atoms with E-state index >= 15 is 0 Å². The van der Waals surface area contributed by atoms with Crippen LogP contribution in [0.25, 0.3) is 10.9 Å². The summed E-state index contributed by atoms with van der Waals surface area (Å²) in [6.45, 7) is 5.38. The minimum absolute atomic E-state index is 0.110. The zero-order valence-corrected chi connectivity index (χ0v) is 16.8. The highest BCUT2D eigenvalue weighted by atomic mass is 16.5. The molecule has 8 heteroatoms. The molecule has 1 saturated heterocycles. The van der Waals surface area contributed by atoms with Gasteiger partial charge in [0.2, 0.25) is 0 Å². The molecule has 1 aliphatic carbocycles. The zero-order valence-electron chi connectivity index (χ0n) is 16.8. The number of anilines is 1. The summed E-state index contributed by atoms with van der Waals surface area (Å²) in [6.07, 6.45) is 6.68. The number of nitrogens with one attached hydrogen (secondary N) is 1. The average Bonchev–Trinajstić information content (AvgIpc) is 2.76. The number of hydrogen-bond acceptors (Lipinski definition) is 7. The van der Waals surface area contributed by atoms with Crippen molar-refractivity contribution < 1.29 is 19.0 Å². The SMILES string of the molecule is CCOC(=O)NC1CCC(Oc2cc(N3CCOCC3)cc3ncncc23)CC1. The summed E-state index contributed by atoms with van der Waals surface area (Å²) >= 11 is 0. The molecule has 4 rings (SSSR count). The molecule has 2 heterocycles. The lowest BCUT2D eigenvalue weighted by Crippen LogP contribution is -2.40. The van der Waals surface area contributed by atoms with Crippen molar-refractivity contribution >= 4 is 22.7 Å². The number of hydrogen-bond donors (Lipinski definition) is 1. The van der Waals surface area contributed by atoms with Crippen LogP contribution >= 0.6 is 0 Å². The summed E-state index contributed by atoms with van der Waals surface area (Å²) in [5.41, 5.74) is 1.99. The van der Waals surface area contributed by atoms with Gasteiger partial charge >= 0.3 is 6.09 Å². The molecule has 29 heavy (non-hydrogen) atoms. The lowest BCUT2D eigenvalue weighted by molar-refractivity contribution is 0.122. The molecule has 156 valence electrons. The van der Waals surface area contributed by atoms with E-state index in [1.54, 1.807) is 6.33 Å². The van der Waals surface area contributed by atoms with Gasteiger partial charge in [0, 0.05) is 37.1 Å². The molecule has 2 aliphatic rings. The third-order valence-corrected chi connectivity index (χ3v) is 5.51. The molecule has 1 amide bonds. The van der Waals surface area contributed by atoms with Gasteiger partial charge in [0.15, 0.2) is 0 Å². The molecule has 1 N–H and O–H groups in total. The minimum Gasteiger partial charge on any atom is -0.490 e. The first-order valence-electron chi connectivity index (χ1n) is 10.4. The van der Waals surface area contributed by atoms with Crippen LogP contribution in [0.1, 0.15) is 32.6 Å². The minimum atomic E-state index is -0.335. The number of ether oxygens (including phenoxy) is 3. The normalized spacial score (nSPS) is 22.3. The van der Waals surface area contributed by atoms with Crippen LogP contribution in [0.3, 0.4) is 0 Å². The maximum atomic E-state index is 11.6. The van der Waals surface area contributed by atoms with Gasteiger partial charge in [-0.1, -0.05) is 0 Å². The third-order valence-electron chi connectivity index (χ3n) is 5.51. The van der Waals surface area contributed by atoms with Crippen LogP contribution in [0.4, 0.5) is 10.5 Å². The van der Waals surface area contributed by atoms with Crippen molar-refractivity contribution in [2.24, 2.45) is 0 Å². The summed E-state index contributed by atoms with van der Waals surface area (Å²) in [6, 6.07) is 4.34. The van der Waals surface area contributed by atoms with Gasteiger partial charge in [-0.2, -0.15) is 0 Å². The largest absolute Gasteiger partial charge is 0.490 e. The van der Waals surface area contributed by atoms with Gasteiger partial charge < -0.3 is 24.4 Å². The lowest BCUT2D eigenvalue weighted by atomic mass is 9.93. The van der Waals surface area contributed by atoms with E-state index in [0.717, 1.165) is 74.3 Å². The van der Waals surface area contributed by atoms with Gasteiger partial charge in [0.1, 0.15) is 12.1 Å². The van der Waals surface area contributed by atoms with Gasteiger partial charge in [-0.25, -0.2) is 14.8 Å². The Bertz CT molecular complexity index is 833. The highest BCUT2D eigenvalue weighted by Gasteiger charge is 2.25. The van der Waals surface area contributed by atoms with Crippen molar-refractivity contribution in [1.29, 1.82) is 0 Å². The van der Waals surface area contributed by atoms with Crippen LogP contribution in [-0.2, 0) is 9.47 Å². The molecule has 0 atom stereocenters. The second-order valence-electron chi connectivity index (χ2n) is 7.46. The number of morpholine rings is 1. The quantitative estimate of drug-likeness (QED) is 0.826. The number of alkyl carbamates (subject to hydrolysis) is 1. The highest BCUT2D eigenvalue weighted by Crippen LogP contribution is 2.33.